The number of hydrogen-bond donors (Lipinski definition) is 2. The van der Waals surface area contributed by atoms with Crippen LogP contribution in [0.3, 0.4) is 0 Å². The first-order chi connectivity index (χ1) is 7.85. The minimum Gasteiger partial charge on any atom is -0.395 e. The average Bonchev–Trinajstić information content (AvgIpc) is 2.29. The number of aliphatic hydroxyl groups excluding tert-OH is 1. The second-order valence-electron chi connectivity index (χ2n) is 4.34. The highest BCUT2D eigenvalue weighted by Gasteiger charge is 2.25. The van der Waals surface area contributed by atoms with Gasteiger partial charge < -0.3 is 15.2 Å². The molecule has 1 aromatic rings. The highest BCUT2D eigenvalue weighted by Crippen LogP contribution is 2.33. The minimum absolute atomic E-state index is 0.0535. The van der Waals surface area contributed by atoms with E-state index in [4.69, 9.17) is 9.84 Å². The Morgan fingerprint density at radius 3 is 3.00 bits per heavy atom. The Bertz CT molecular complexity index is 340. The monoisotopic (exact) mass is 221 g/mol. The number of fused-ring (bicyclic) bond motifs is 1. The second-order valence-corrected chi connectivity index (χ2v) is 4.34. The van der Waals surface area contributed by atoms with Gasteiger partial charge in [-0.05, 0) is 17.5 Å². The van der Waals surface area contributed by atoms with E-state index in [1.165, 1.54) is 11.1 Å². The Hall–Kier alpha value is -0.900. The molecule has 2 atom stereocenters. The van der Waals surface area contributed by atoms with Crippen LogP contribution in [0.15, 0.2) is 24.3 Å². The van der Waals surface area contributed by atoms with Gasteiger partial charge in [0, 0.05) is 19.6 Å². The molecule has 0 bridgehead atoms. The van der Waals surface area contributed by atoms with E-state index in [0.29, 0.717) is 12.5 Å². The predicted octanol–water partition coefficient (Wildman–Crippen LogP) is 0.923. The molecule has 0 heterocycles. The predicted molar refractivity (Wildman–Crippen MR) is 63.6 cm³/mol. The molecule has 0 aromatic heterocycles. The topological polar surface area (TPSA) is 41.5 Å². The van der Waals surface area contributed by atoms with Gasteiger partial charge in [-0.25, -0.2) is 0 Å². The SMILES string of the molecule is COCC(CO)NCC1Cc2ccccc21. The van der Waals surface area contributed by atoms with Gasteiger partial charge in [-0.3, -0.25) is 0 Å². The van der Waals surface area contributed by atoms with Gasteiger partial charge in [0.05, 0.1) is 19.3 Å². The molecule has 0 spiro atoms. The zero-order chi connectivity index (χ0) is 11.4. The van der Waals surface area contributed by atoms with Gasteiger partial charge >= 0.3 is 0 Å². The van der Waals surface area contributed by atoms with E-state index < -0.39 is 0 Å². The summed E-state index contributed by atoms with van der Waals surface area (Å²) in [6.45, 7) is 1.61. The molecule has 0 saturated carbocycles. The van der Waals surface area contributed by atoms with Crippen LogP contribution in [-0.2, 0) is 11.2 Å². The van der Waals surface area contributed by atoms with Crippen molar-refractivity contribution in [2.24, 2.45) is 0 Å². The van der Waals surface area contributed by atoms with Gasteiger partial charge in [0.1, 0.15) is 0 Å². The number of ether oxygens (including phenoxy) is 1. The van der Waals surface area contributed by atoms with Crippen LogP contribution in [0.25, 0.3) is 0 Å². The molecule has 0 radical (unpaired) electrons. The van der Waals surface area contributed by atoms with Gasteiger partial charge in [0.2, 0.25) is 0 Å². The molecule has 2 rings (SSSR count). The first-order valence-electron chi connectivity index (χ1n) is 5.76. The number of rotatable bonds is 6. The van der Waals surface area contributed by atoms with Crippen LogP contribution in [0.1, 0.15) is 17.0 Å². The van der Waals surface area contributed by atoms with Crippen LogP contribution in [0.2, 0.25) is 0 Å². The molecule has 2 N–H and O–H groups in total. The summed E-state index contributed by atoms with van der Waals surface area (Å²) in [5.74, 6) is 0.599. The third kappa shape index (κ3) is 2.43. The summed E-state index contributed by atoms with van der Waals surface area (Å²) in [4.78, 5) is 0. The van der Waals surface area contributed by atoms with Crippen LogP contribution < -0.4 is 5.32 Å². The lowest BCUT2D eigenvalue weighted by atomic mass is 9.77. The van der Waals surface area contributed by atoms with Crippen molar-refractivity contribution in [2.45, 2.75) is 18.4 Å². The normalized spacial score (nSPS) is 20.0. The smallest absolute Gasteiger partial charge is 0.0638 e. The van der Waals surface area contributed by atoms with E-state index >= 15 is 0 Å². The molecule has 0 saturated heterocycles. The van der Waals surface area contributed by atoms with E-state index in [-0.39, 0.29) is 12.6 Å². The van der Waals surface area contributed by atoms with Crippen LogP contribution >= 0.6 is 0 Å². The van der Waals surface area contributed by atoms with Gasteiger partial charge in [0.15, 0.2) is 0 Å². The van der Waals surface area contributed by atoms with E-state index in [2.05, 4.69) is 29.6 Å². The Balaban J connectivity index is 1.81. The summed E-state index contributed by atoms with van der Waals surface area (Å²) < 4.78 is 5.03. The summed E-state index contributed by atoms with van der Waals surface area (Å²) in [6.07, 6.45) is 1.15. The van der Waals surface area contributed by atoms with Crippen molar-refractivity contribution in [2.75, 3.05) is 26.9 Å². The van der Waals surface area contributed by atoms with Crippen molar-refractivity contribution in [1.82, 2.24) is 5.32 Å². The van der Waals surface area contributed by atoms with Crippen LogP contribution in [-0.4, -0.2) is 38.0 Å². The van der Waals surface area contributed by atoms with Crippen molar-refractivity contribution >= 4 is 0 Å². The molecule has 3 nitrogen and oxygen atoms in total. The molecular formula is C13H19NO2. The van der Waals surface area contributed by atoms with Crippen molar-refractivity contribution < 1.29 is 9.84 Å². The summed E-state index contributed by atoms with van der Waals surface area (Å²) >= 11 is 0. The highest BCUT2D eigenvalue weighted by atomic mass is 16.5. The number of aliphatic hydroxyl groups is 1. The first-order valence-corrected chi connectivity index (χ1v) is 5.76. The van der Waals surface area contributed by atoms with Gasteiger partial charge in [-0.15, -0.1) is 0 Å². The molecular weight excluding hydrogens is 202 g/mol. The molecule has 3 heteroatoms. The maximum atomic E-state index is 9.11. The summed E-state index contributed by atoms with van der Waals surface area (Å²) in [5, 5.41) is 12.5. The summed E-state index contributed by atoms with van der Waals surface area (Å²) in [7, 11) is 1.66. The zero-order valence-electron chi connectivity index (χ0n) is 9.65. The van der Waals surface area contributed by atoms with Crippen molar-refractivity contribution in [1.29, 1.82) is 0 Å². The second kappa shape index (κ2) is 5.43. The van der Waals surface area contributed by atoms with Crippen molar-refractivity contribution in [3.05, 3.63) is 35.4 Å². The largest absolute Gasteiger partial charge is 0.395 e. The Kier molecular flexibility index (Phi) is 3.93. The van der Waals surface area contributed by atoms with E-state index in [9.17, 15) is 0 Å². The Morgan fingerprint density at radius 1 is 1.50 bits per heavy atom. The van der Waals surface area contributed by atoms with E-state index in [1.807, 2.05) is 0 Å². The lowest BCUT2D eigenvalue weighted by molar-refractivity contribution is 0.127. The number of benzene rings is 1. The van der Waals surface area contributed by atoms with E-state index in [0.717, 1.165) is 13.0 Å². The Morgan fingerprint density at radius 2 is 2.31 bits per heavy atom. The van der Waals surface area contributed by atoms with Gasteiger partial charge in [0.25, 0.3) is 0 Å². The van der Waals surface area contributed by atoms with Crippen molar-refractivity contribution in [3.8, 4) is 0 Å². The first kappa shape index (κ1) is 11.6. The molecule has 2 unspecified atom stereocenters. The fourth-order valence-electron chi connectivity index (χ4n) is 2.23. The van der Waals surface area contributed by atoms with Gasteiger partial charge in [-0.1, -0.05) is 24.3 Å². The number of nitrogens with one attached hydrogen (secondary N) is 1. The fraction of sp³-hybridized carbons (Fsp3) is 0.538. The van der Waals surface area contributed by atoms with Crippen LogP contribution in [0.5, 0.6) is 0 Å². The number of hydrogen-bond acceptors (Lipinski definition) is 3. The molecule has 1 aromatic carbocycles. The molecule has 0 aliphatic heterocycles. The molecule has 88 valence electrons. The molecule has 0 fully saturated rings. The van der Waals surface area contributed by atoms with Crippen LogP contribution in [0.4, 0.5) is 0 Å². The van der Waals surface area contributed by atoms with Crippen molar-refractivity contribution in [3.63, 3.8) is 0 Å². The fourth-order valence-corrected chi connectivity index (χ4v) is 2.23. The zero-order valence-corrected chi connectivity index (χ0v) is 9.65. The lowest BCUT2D eigenvalue weighted by Gasteiger charge is -2.31. The lowest BCUT2D eigenvalue weighted by Crippen LogP contribution is -2.40. The minimum atomic E-state index is 0.0535. The third-order valence-electron chi connectivity index (χ3n) is 3.20. The molecule has 0 amide bonds. The maximum Gasteiger partial charge on any atom is 0.0638 e. The quantitative estimate of drug-likeness (QED) is 0.750. The average molecular weight is 221 g/mol. The summed E-state index contributed by atoms with van der Waals surface area (Å²) in [5.41, 5.74) is 2.91. The Labute approximate surface area is 96.4 Å². The van der Waals surface area contributed by atoms with Crippen LogP contribution in [0, 0.1) is 0 Å². The standard InChI is InChI=1S/C13H19NO2/c1-16-9-12(8-15)14-7-11-6-10-4-2-3-5-13(10)11/h2-5,11-12,14-15H,6-9H2,1H3. The molecule has 1 aliphatic carbocycles. The summed E-state index contributed by atoms with van der Waals surface area (Å²) in [6, 6.07) is 8.60. The third-order valence-corrected chi connectivity index (χ3v) is 3.20. The van der Waals surface area contributed by atoms with Gasteiger partial charge in [-0.2, -0.15) is 0 Å². The number of methoxy groups -OCH3 is 1. The molecule has 1 aliphatic rings. The maximum absolute atomic E-state index is 9.11. The highest BCUT2D eigenvalue weighted by molar-refractivity contribution is 5.40. The molecule has 16 heavy (non-hydrogen) atoms. The van der Waals surface area contributed by atoms with E-state index in [1.54, 1.807) is 7.11 Å².